The first-order valence-electron chi connectivity index (χ1n) is 7.51. The largest absolute Gasteiger partial charge is 0.497 e. The first kappa shape index (κ1) is 18.0. The third-order valence-corrected chi connectivity index (χ3v) is 4.29. The molecule has 1 amide bonds. The molecule has 0 atom stereocenters. The molecule has 1 aromatic rings. The zero-order valence-corrected chi connectivity index (χ0v) is 15.0. The molecule has 0 aliphatic carbocycles. The molecule has 4 heteroatoms. The molecule has 0 saturated heterocycles. The summed E-state index contributed by atoms with van der Waals surface area (Å²) >= 11 is 3.42. The number of nitrogens with one attached hydrogen (secondary N) is 1. The molecule has 1 rings (SSSR count). The van der Waals surface area contributed by atoms with Crippen LogP contribution in [0.3, 0.4) is 0 Å². The second-order valence-electron chi connectivity index (χ2n) is 6.15. The highest BCUT2D eigenvalue weighted by Crippen LogP contribution is 2.25. The van der Waals surface area contributed by atoms with Crippen molar-refractivity contribution in [2.75, 3.05) is 13.7 Å². The highest BCUT2D eigenvalue weighted by Gasteiger charge is 2.19. The van der Waals surface area contributed by atoms with Gasteiger partial charge in [0.05, 0.1) is 12.7 Å². The van der Waals surface area contributed by atoms with Crippen LogP contribution < -0.4 is 10.1 Å². The number of amides is 1. The molecule has 118 valence electrons. The molecule has 0 aliphatic heterocycles. The maximum atomic E-state index is 12.3. The Balaban J connectivity index is 2.61. The molecule has 0 spiro atoms. The Hall–Kier alpha value is -1.03. The molecule has 0 bridgehead atoms. The Morgan fingerprint density at radius 1 is 1.33 bits per heavy atom. The smallest absolute Gasteiger partial charge is 0.252 e. The van der Waals surface area contributed by atoms with E-state index in [1.165, 1.54) is 19.3 Å². The molecule has 1 N–H and O–H groups in total. The van der Waals surface area contributed by atoms with Gasteiger partial charge < -0.3 is 10.1 Å². The third kappa shape index (κ3) is 6.08. The molecule has 21 heavy (non-hydrogen) atoms. The van der Waals surface area contributed by atoms with E-state index in [-0.39, 0.29) is 11.3 Å². The fourth-order valence-electron chi connectivity index (χ4n) is 2.16. The number of methoxy groups -OCH3 is 1. The summed E-state index contributed by atoms with van der Waals surface area (Å²) in [6.07, 6.45) is 4.81. The van der Waals surface area contributed by atoms with Crippen molar-refractivity contribution < 1.29 is 9.53 Å². The van der Waals surface area contributed by atoms with Crippen LogP contribution in [-0.2, 0) is 0 Å². The molecular formula is C17H26BrNO2. The zero-order chi connectivity index (χ0) is 15.9. The van der Waals surface area contributed by atoms with E-state index in [1.54, 1.807) is 13.2 Å². The van der Waals surface area contributed by atoms with Crippen LogP contribution in [-0.4, -0.2) is 19.6 Å². The van der Waals surface area contributed by atoms with Crippen molar-refractivity contribution in [3.8, 4) is 5.75 Å². The van der Waals surface area contributed by atoms with E-state index in [2.05, 4.69) is 42.0 Å². The van der Waals surface area contributed by atoms with Crippen LogP contribution in [0.5, 0.6) is 5.75 Å². The van der Waals surface area contributed by atoms with E-state index in [0.29, 0.717) is 17.9 Å². The molecule has 3 nitrogen and oxygen atoms in total. The SMILES string of the molecule is CCCCCC(C)(C)CNC(=O)c1cc(OC)ccc1Br. The summed E-state index contributed by atoms with van der Waals surface area (Å²) < 4.78 is 5.95. The Labute approximate surface area is 136 Å². The average molecular weight is 356 g/mol. The average Bonchev–Trinajstić information content (AvgIpc) is 2.45. The normalized spacial score (nSPS) is 11.3. The minimum atomic E-state index is -0.0654. The summed E-state index contributed by atoms with van der Waals surface area (Å²) in [5.74, 6) is 0.620. The molecule has 1 aromatic carbocycles. The zero-order valence-electron chi connectivity index (χ0n) is 13.5. The Kier molecular flexibility index (Phi) is 7.23. The van der Waals surface area contributed by atoms with Gasteiger partial charge in [0.1, 0.15) is 5.75 Å². The summed E-state index contributed by atoms with van der Waals surface area (Å²) in [6.45, 7) is 7.28. The Morgan fingerprint density at radius 3 is 2.67 bits per heavy atom. The van der Waals surface area contributed by atoms with Gasteiger partial charge in [0.2, 0.25) is 0 Å². The summed E-state index contributed by atoms with van der Waals surface area (Å²) in [7, 11) is 1.60. The van der Waals surface area contributed by atoms with Gasteiger partial charge in [-0.1, -0.05) is 40.0 Å². The van der Waals surface area contributed by atoms with Crippen molar-refractivity contribution in [1.29, 1.82) is 0 Å². The first-order valence-corrected chi connectivity index (χ1v) is 8.30. The van der Waals surface area contributed by atoms with Crippen LogP contribution in [0.25, 0.3) is 0 Å². The lowest BCUT2D eigenvalue weighted by molar-refractivity contribution is 0.0933. The molecule has 0 fully saturated rings. The monoisotopic (exact) mass is 355 g/mol. The van der Waals surface area contributed by atoms with Gasteiger partial charge in [0.15, 0.2) is 0 Å². The van der Waals surface area contributed by atoms with Gasteiger partial charge >= 0.3 is 0 Å². The predicted octanol–water partition coefficient (Wildman–Crippen LogP) is 4.79. The maximum Gasteiger partial charge on any atom is 0.252 e. The lowest BCUT2D eigenvalue weighted by Gasteiger charge is -2.25. The lowest BCUT2D eigenvalue weighted by atomic mass is 9.87. The number of ether oxygens (including phenoxy) is 1. The Bertz CT molecular complexity index is 472. The minimum absolute atomic E-state index is 0.0654. The van der Waals surface area contributed by atoms with Crippen molar-refractivity contribution in [2.24, 2.45) is 5.41 Å². The van der Waals surface area contributed by atoms with Crippen LogP contribution in [0.1, 0.15) is 56.8 Å². The number of carbonyl (C=O) groups excluding carboxylic acids is 1. The summed E-state index contributed by atoms with van der Waals surface area (Å²) in [5, 5.41) is 3.03. The van der Waals surface area contributed by atoms with E-state index in [1.807, 2.05) is 12.1 Å². The summed E-state index contributed by atoms with van der Waals surface area (Å²) in [6, 6.07) is 5.42. The highest BCUT2D eigenvalue weighted by molar-refractivity contribution is 9.10. The van der Waals surface area contributed by atoms with Gasteiger partial charge in [0.25, 0.3) is 5.91 Å². The van der Waals surface area contributed by atoms with Crippen molar-refractivity contribution in [3.05, 3.63) is 28.2 Å². The predicted molar refractivity (Wildman–Crippen MR) is 91.0 cm³/mol. The van der Waals surface area contributed by atoms with E-state index in [9.17, 15) is 4.79 Å². The quantitative estimate of drug-likeness (QED) is 0.680. The topological polar surface area (TPSA) is 38.3 Å². The number of hydrogen-bond donors (Lipinski definition) is 1. The molecule has 0 aliphatic rings. The van der Waals surface area contributed by atoms with E-state index in [0.717, 1.165) is 10.9 Å². The number of hydrogen-bond acceptors (Lipinski definition) is 2. The van der Waals surface area contributed by atoms with Gasteiger partial charge in [-0.2, -0.15) is 0 Å². The van der Waals surface area contributed by atoms with Crippen LogP contribution in [0, 0.1) is 5.41 Å². The molecule has 0 heterocycles. The standard InChI is InChI=1S/C17H26BrNO2/c1-5-6-7-10-17(2,3)12-19-16(20)14-11-13(21-4)8-9-15(14)18/h8-9,11H,5-7,10,12H2,1-4H3,(H,19,20). The van der Waals surface area contributed by atoms with Crippen molar-refractivity contribution in [2.45, 2.75) is 46.5 Å². The van der Waals surface area contributed by atoms with Crippen molar-refractivity contribution in [3.63, 3.8) is 0 Å². The van der Waals surface area contributed by atoms with Crippen LogP contribution in [0.15, 0.2) is 22.7 Å². The molecule has 0 saturated carbocycles. The lowest BCUT2D eigenvalue weighted by Crippen LogP contribution is -2.34. The van der Waals surface area contributed by atoms with Gasteiger partial charge in [-0.05, 0) is 46.0 Å². The van der Waals surface area contributed by atoms with Gasteiger partial charge in [-0.3, -0.25) is 4.79 Å². The third-order valence-electron chi connectivity index (χ3n) is 3.60. The number of carbonyl (C=O) groups is 1. The van der Waals surface area contributed by atoms with Crippen LogP contribution in [0.2, 0.25) is 0 Å². The summed E-state index contributed by atoms with van der Waals surface area (Å²) in [4.78, 5) is 12.3. The fraction of sp³-hybridized carbons (Fsp3) is 0.588. The molecule has 0 unspecified atom stereocenters. The number of unbranched alkanes of at least 4 members (excludes halogenated alkanes) is 2. The molecule has 0 aromatic heterocycles. The molecule has 0 radical (unpaired) electrons. The van der Waals surface area contributed by atoms with Crippen LogP contribution in [0.4, 0.5) is 0 Å². The molecular weight excluding hydrogens is 330 g/mol. The number of benzene rings is 1. The van der Waals surface area contributed by atoms with E-state index in [4.69, 9.17) is 4.74 Å². The van der Waals surface area contributed by atoms with E-state index < -0.39 is 0 Å². The Morgan fingerprint density at radius 2 is 2.05 bits per heavy atom. The highest BCUT2D eigenvalue weighted by atomic mass is 79.9. The van der Waals surface area contributed by atoms with E-state index >= 15 is 0 Å². The number of halogens is 1. The second kappa shape index (κ2) is 8.42. The summed E-state index contributed by atoms with van der Waals surface area (Å²) in [5.41, 5.74) is 0.731. The van der Waals surface area contributed by atoms with Gasteiger partial charge in [-0.25, -0.2) is 0 Å². The van der Waals surface area contributed by atoms with Crippen LogP contribution >= 0.6 is 15.9 Å². The van der Waals surface area contributed by atoms with Gasteiger partial charge in [-0.15, -0.1) is 0 Å². The minimum Gasteiger partial charge on any atom is -0.497 e. The van der Waals surface area contributed by atoms with Crippen molar-refractivity contribution in [1.82, 2.24) is 5.32 Å². The van der Waals surface area contributed by atoms with Crippen molar-refractivity contribution >= 4 is 21.8 Å². The first-order chi connectivity index (χ1) is 9.89. The maximum absolute atomic E-state index is 12.3. The number of rotatable bonds is 8. The second-order valence-corrected chi connectivity index (χ2v) is 7.00. The van der Waals surface area contributed by atoms with Gasteiger partial charge in [0, 0.05) is 11.0 Å². The fourth-order valence-corrected chi connectivity index (χ4v) is 2.59.